The molecule has 1 nitrogen and oxygen atoms in total. The molecule has 1 aromatic carbocycles. The molecule has 0 fully saturated rings. The molecule has 52 valence electrons. The van der Waals surface area contributed by atoms with Crippen LogP contribution in [0.2, 0.25) is 5.02 Å². The molecule has 0 N–H and O–H groups in total. The van der Waals surface area contributed by atoms with Crippen LogP contribution >= 0.6 is 11.6 Å². The number of benzene rings is 1. The summed E-state index contributed by atoms with van der Waals surface area (Å²) in [5.74, 6) is -0.255. The molecule has 0 spiro atoms. The van der Waals surface area contributed by atoms with E-state index in [1.54, 1.807) is 0 Å². The Kier molecular flexibility index (Phi) is 4.26. The highest BCUT2D eigenvalue weighted by Gasteiger charge is 1.85. The van der Waals surface area contributed by atoms with E-state index in [9.17, 15) is 4.39 Å². The minimum absolute atomic E-state index is 0.255. The van der Waals surface area contributed by atoms with Gasteiger partial charge in [-0.3, -0.25) is 0 Å². The average Bonchev–Trinajstić information content (AvgIpc) is 2.00. The highest BCUT2D eigenvalue weighted by Crippen LogP contribution is 2.07. The number of rotatable bonds is 0. The second-order valence-electron chi connectivity index (χ2n) is 1.44. The summed E-state index contributed by atoms with van der Waals surface area (Å²) in [5, 5.41) is 7.06. The summed E-state index contributed by atoms with van der Waals surface area (Å²) in [7, 11) is 0. The van der Waals surface area contributed by atoms with Gasteiger partial charge >= 0.3 is 0 Å². The van der Waals surface area contributed by atoms with Gasteiger partial charge in [-0.15, -0.1) is 0 Å². The van der Waals surface area contributed by atoms with Crippen molar-refractivity contribution in [2.75, 3.05) is 0 Å². The van der Waals surface area contributed by atoms with Crippen molar-refractivity contribution >= 4 is 11.6 Å². The molecule has 0 aliphatic carbocycles. The van der Waals surface area contributed by atoms with Crippen LogP contribution in [0.5, 0.6) is 0 Å². The van der Waals surface area contributed by atoms with E-state index in [4.69, 9.17) is 16.9 Å². The molecule has 0 amide bonds. The second kappa shape index (κ2) is 4.78. The van der Waals surface area contributed by atoms with Crippen molar-refractivity contribution in [2.24, 2.45) is 0 Å². The fourth-order valence-corrected chi connectivity index (χ4v) is 0.556. The maximum Gasteiger partial charge on any atom is 0.123 e. The molecule has 10 heavy (non-hydrogen) atoms. The largest absolute Gasteiger partial charge is 0.207 e. The lowest BCUT2D eigenvalue weighted by Crippen LogP contribution is -1.67. The number of nitrogens with zero attached hydrogens (tertiary/aromatic N) is 1. The van der Waals surface area contributed by atoms with E-state index >= 15 is 0 Å². The Labute approximate surface area is 63.7 Å². The zero-order chi connectivity index (χ0) is 7.98. The van der Waals surface area contributed by atoms with E-state index in [1.807, 2.05) is 0 Å². The third-order valence-electron chi connectivity index (χ3n) is 0.804. The molecular formula is C7H5ClFN. The van der Waals surface area contributed by atoms with Crippen LogP contribution in [0.15, 0.2) is 24.3 Å². The van der Waals surface area contributed by atoms with Crippen LogP contribution < -0.4 is 0 Å². The Hall–Kier alpha value is -1.07. The summed E-state index contributed by atoms with van der Waals surface area (Å²) in [5.41, 5.74) is 0. The van der Waals surface area contributed by atoms with Crippen molar-refractivity contribution in [2.45, 2.75) is 0 Å². The number of nitriles is 1. The highest BCUT2D eigenvalue weighted by molar-refractivity contribution is 6.30. The fraction of sp³-hybridized carbons (Fsp3) is 0. The molecule has 0 bridgehead atoms. The topological polar surface area (TPSA) is 23.8 Å². The fourth-order valence-electron chi connectivity index (χ4n) is 0.430. The molecule has 0 saturated carbocycles. The zero-order valence-electron chi connectivity index (χ0n) is 5.09. The lowest BCUT2D eigenvalue weighted by atomic mass is 10.4. The molecule has 0 heterocycles. The first kappa shape index (κ1) is 8.93. The quantitative estimate of drug-likeness (QED) is 0.568. The highest BCUT2D eigenvalue weighted by atomic mass is 35.5. The second-order valence-corrected chi connectivity index (χ2v) is 1.87. The summed E-state index contributed by atoms with van der Waals surface area (Å²) in [6.45, 7) is 3.50. The summed E-state index contributed by atoms with van der Waals surface area (Å²) in [4.78, 5) is 0. The van der Waals surface area contributed by atoms with E-state index in [0.29, 0.717) is 5.02 Å². The SMILES string of the molecule is C#N.Fc1ccc(Cl)cc1. The summed E-state index contributed by atoms with van der Waals surface area (Å²) in [6.07, 6.45) is 0. The van der Waals surface area contributed by atoms with Crippen LogP contribution in [-0.4, -0.2) is 0 Å². The normalized spacial score (nSPS) is 7.60. The molecule has 0 atom stereocenters. The molecule has 0 aliphatic rings. The van der Waals surface area contributed by atoms with Crippen LogP contribution in [0, 0.1) is 17.7 Å². The first-order valence-corrected chi connectivity index (χ1v) is 2.84. The molecule has 0 aromatic heterocycles. The van der Waals surface area contributed by atoms with E-state index < -0.39 is 0 Å². The predicted octanol–water partition coefficient (Wildman–Crippen LogP) is 2.62. The van der Waals surface area contributed by atoms with Crippen molar-refractivity contribution in [3.63, 3.8) is 0 Å². The molecule has 0 aliphatic heterocycles. The first-order chi connectivity index (χ1) is 4.79. The zero-order valence-corrected chi connectivity index (χ0v) is 5.85. The Balaban J connectivity index is 0.000000371. The van der Waals surface area contributed by atoms with Gasteiger partial charge in [0.25, 0.3) is 0 Å². The van der Waals surface area contributed by atoms with Crippen LogP contribution in [0.4, 0.5) is 4.39 Å². The summed E-state index contributed by atoms with van der Waals surface area (Å²) < 4.78 is 12.0. The standard InChI is InChI=1S/C6H4ClF.CHN/c7-5-1-3-6(8)4-2-5;1-2/h1-4H;1H. The third kappa shape index (κ3) is 3.06. The van der Waals surface area contributed by atoms with Crippen molar-refractivity contribution in [1.82, 2.24) is 0 Å². The Morgan fingerprint density at radius 1 is 1.20 bits per heavy atom. The van der Waals surface area contributed by atoms with E-state index in [0.717, 1.165) is 0 Å². The van der Waals surface area contributed by atoms with Gasteiger partial charge in [0.2, 0.25) is 0 Å². The Morgan fingerprint density at radius 3 is 1.90 bits per heavy atom. The van der Waals surface area contributed by atoms with Crippen LogP contribution in [0.1, 0.15) is 0 Å². The molecule has 1 aromatic rings. The Morgan fingerprint density at radius 2 is 1.60 bits per heavy atom. The van der Waals surface area contributed by atoms with Gasteiger partial charge < -0.3 is 0 Å². The minimum atomic E-state index is -0.255. The summed E-state index contributed by atoms with van der Waals surface area (Å²) >= 11 is 5.44. The Bertz CT molecular complexity index is 184. The minimum Gasteiger partial charge on any atom is -0.207 e. The monoisotopic (exact) mass is 157 g/mol. The van der Waals surface area contributed by atoms with Gasteiger partial charge in [-0.25, -0.2) is 9.65 Å². The molecule has 0 unspecified atom stereocenters. The lowest BCUT2D eigenvalue weighted by molar-refractivity contribution is 0.628. The van der Waals surface area contributed by atoms with Crippen LogP contribution in [0.25, 0.3) is 0 Å². The molecule has 3 heteroatoms. The van der Waals surface area contributed by atoms with E-state index in [2.05, 4.69) is 6.57 Å². The molecule has 0 radical (unpaired) electrons. The van der Waals surface area contributed by atoms with Crippen molar-refractivity contribution in [1.29, 1.82) is 5.26 Å². The van der Waals surface area contributed by atoms with Crippen molar-refractivity contribution < 1.29 is 4.39 Å². The van der Waals surface area contributed by atoms with Crippen LogP contribution in [-0.2, 0) is 0 Å². The van der Waals surface area contributed by atoms with Crippen molar-refractivity contribution in [3.05, 3.63) is 35.1 Å². The van der Waals surface area contributed by atoms with Gasteiger partial charge in [0, 0.05) is 11.6 Å². The smallest absolute Gasteiger partial charge is 0.123 e. The predicted molar refractivity (Wildman–Crippen MR) is 38.1 cm³/mol. The maximum absolute atomic E-state index is 12.0. The summed E-state index contributed by atoms with van der Waals surface area (Å²) in [6, 6.07) is 5.67. The van der Waals surface area contributed by atoms with Gasteiger partial charge in [0.15, 0.2) is 0 Å². The number of halogens is 2. The maximum atomic E-state index is 12.0. The van der Waals surface area contributed by atoms with E-state index in [1.165, 1.54) is 24.3 Å². The van der Waals surface area contributed by atoms with E-state index in [-0.39, 0.29) is 5.82 Å². The third-order valence-corrected chi connectivity index (χ3v) is 1.06. The van der Waals surface area contributed by atoms with Gasteiger partial charge in [-0.05, 0) is 24.3 Å². The van der Waals surface area contributed by atoms with Gasteiger partial charge in [-0.1, -0.05) is 11.6 Å². The molecule has 0 saturated heterocycles. The van der Waals surface area contributed by atoms with Gasteiger partial charge in [0.05, 0.1) is 0 Å². The van der Waals surface area contributed by atoms with Gasteiger partial charge in [-0.2, -0.15) is 0 Å². The number of hydrogen-bond donors (Lipinski definition) is 0. The van der Waals surface area contributed by atoms with Crippen LogP contribution in [0.3, 0.4) is 0 Å². The van der Waals surface area contributed by atoms with Gasteiger partial charge in [0.1, 0.15) is 5.82 Å². The molecular weight excluding hydrogens is 153 g/mol. The molecule has 1 rings (SSSR count). The lowest BCUT2D eigenvalue weighted by Gasteiger charge is -1.84. The average molecular weight is 158 g/mol. The van der Waals surface area contributed by atoms with Crippen molar-refractivity contribution in [3.8, 4) is 6.57 Å². The first-order valence-electron chi connectivity index (χ1n) is 2.46. The number of hydrogen-bond acceptors (Lipinski definition) is 1.